The summed E-state index contributed by atoms with van der Waals surface area (Å²) in [5, 5.41) is 3.47. The van der Waals surface area contributed by atoms with Gasteiger partial charge in [0.1, 0.15) is 0 Å². The van der Waals surface area contributed by atoms with Crippen LogP contribution in [0.2, 0.25) is 0 Å². The van der Waals surface area contributed by atoms with Crippen LogP contribution in [0.3, 0.4) is 0 Å². The van der Waals surface area contributed by atoms with Gasteiger partial charge in [-0.2, -0.15) is 0 Å². The normalized spacial score (nSPS) is 10.7. The Balaban J connectivity index is 2.51. The Morgan fingerprint density at radius 3 is 2.56 bits per heavy atom. The van der Waals surface area contributed by atoms with E-state index < -0.39 is 0 Å². The molecule has 0 unspecified atom stereocenters. The summed E-state index contributed by atoms with van der Waals surface area (Å²) in [6, 6.07) is 8.52. The lowest BCUT2D eigenvalue weighted by molar-refractivity contribution is 0.866. The van der Waals surface area contributed by atoms with Gasteiger partial charge in [-0.15, -0.1) is 0 Å². The van der Waals surface area contributed by atoms with E-state index in [-0.39, 0.29) is 0 Å². The lowest BCUT2D eigenvalue weighted by Crippen LogP contribution is -1.85. The molecule has 1 rings (SSSR count). The van der Waals surface area contributed by atoms with Gasteiger partial charge >= 0.3 is 0 Å². The van der Waals surface area contributed by atoms with Crippen molar-refractivity contribution in [2.45, 2.75) is 26.2 Å². The average Bonchev–Trinajstić information content (AvgIpc) is 2.29. The van der Waals surface area contributed by atoms with E-state index in [4.69, 9.17) is 5.53 Å². The van der Waals surface area contributed by atoms with Crippen molar-refractivity contribution in [3.8, 4) is 0 Å². The molecule has 0 aliphatic heterocycles. The molecule has 0 saturated heterocycles. The molecular weight excluding hydrogens is 198 g/mol. The topological polar surface area (TPSA) is 48.8 Å². The second-order valence-electron chi connectivity index (χ2n) is 3.97. The molecule has 0 atom stereocenters. The first kappa shape index (κ1) is 12.3. The maximum absolute atomic E-state index is 8.10. The Morgan fingerprint density at radius 1 is 1.31 bits per heavy atom. The number of hydrogen-bond donors (Lipinski definition) is 0. The summed E-state index contributed by atoms with van der Waals surface area (Å²) in [7, 11) is 0. The van der Waals surface area contributed by atoms with Crippen LogP contribution in [0.4, 0.5) is 0 Å². The summed E-state index contributed by atoms with van der Waals surface area (Å²) in [6.07, 6.45) is 4.87. The zero-order valence-corrected chi connectivity index (χ0v) is 9.80. The van der Waals surface area contributed by atoms with Crippen LogP contribution in [-0.2, 0) is 0 Å². The molecule has 0 saturated carbocycles. The highest BCUT2D eigenvalue weighted by atomic mass is 15.1. The van der Waals surface area contributed by atoms with Crippen LogP contribution in [0.15, 0.2) is 35.5 Å². The largest absolute Gasteiger partial charge is 0.0937 e. The highest BCUT2D eigenvalue weighted by molar-refractivity contribution is 5.49. The van der Waals surface area contributed by atoms with Crippen molar-refractivity contribution in [2.24, 2.45) is 5.11 Å². The number of hydrogen-bond acceptors (Lipinski definition) is 1. The van der Waals surface area contributed by atoms with E-state index in [9.17, 15) is 0 Å². The second-order valence-corrected chi connectivity index (χ2v) is 3.97. The van der Waals surface area contributed by atoms with E-state index in [0.717, 1.165) is 6.42 Å². The van der Waals surface area contributed by atoms with Gasteiger partial charge < -0.3 is 0 Å². The maximum Gasteiger partial charge on any atom is 0.0292 e. The van der Waals surface area contributed by atoms with E-state index in [2.05, 4.69) is 54.2 Å². The van der Waals surface area contributed by atoms with Gasteiger partial charge in [0.2, 0.25) is 0 Å². The predicted molar refractivity (Wildman–Crippen MR) is 68.2 cm³/mol. The van der Waals surface area contributed by atoms with Crippen molar-refractivity contribution < 1.29 is 0 Å². The summed E-state index contributed by atoms with van der Waals surface area (Å²) in [6.45, 7) is 4.90. The van der Waals surface area contributed by atoms with E-state index in [1.807, 2.05) is 6.08 Å². The molecular formula is C13H17N3. The molecule has 0 radical (unpaired) electrons. The van der Waals surface area contributed by atoms with Crippen LogP contribution < -0.4 is 0 Å². The van der Waals surface area contributed by atoms with Crippen molar-refractivity contribution in [3.05, 3.63) is 51.9 Å². The standard InChI is InChI=1S/C13H17N3/c1-11(2)13-8-6-12(7-9-13)5-3-4-10-15-16-14/h3,5-9,11H,4,10H2,1-2H3. The summed E-state index contributed by atoms with van der Waals surface area (Å²) in [4.78, 5) is 2.70. The third-order valence-corrected chi connectivity index (χ3v) is 2.37. The van der Waals surface area contributed by atoms with E-state index >= 15 is 0 Å². The Bertz CT molecular complexity index is 384. The predicted octanol–water partition coefficient (Wildman–Crippen LogP) is 4.52. The molecule has 3 heteroatoms. The van der Waals surface area contributed by atoms with Gasteiger partial charge in [0.15, 0.2) is 0 Å². The molecule has 0 fully saturated rings. The van der Waals surface area contributed by atoms with Gasteiger partial charge in [-0.1, -0.05) is 55.4 Å². The zero-order valence-electron chi connectivity index (χ0n) is 9.80. The molecule has 16 heavy (non-hydrogen) atoms. The van der Waals surface area contributed by atoms with Gasteiger partial charge in [-0.25, -0.2) is 0 Å². The third-order valence-electron chi connectivity index (χ3n) is 2.37. The van der Waals surface area contributed by atoms with Crippen molar-refractivity contribution in [2.75, 3.05) is 6.54 Å². The van der Waals surface area contributed by atoms with Crippen LogP contribution >= 0.6 is 0 Å². The van der Waals surface area contributed by atoms with Crippen molar-refractivity contribution in [1.82, 2.24) is 0 Å². The fourth-order valence-corrected chi connectivity index (χ4v) is 1.39. The maximum atomic E-state index is 8.10. The van der Waals surface area contributed by atoms with Crippen LogP contribution in [0.1, 0.15) is 37.3 Å². The monoisotopic (exact) mass is 215 g/mol. The Labute approximate surface area is 96.4 Å². The minimum Gasteiger partial charge on any atom is -0.0937 e. The first-order chi connectivity index (χ1) is 7.74. The molecule has 3 nitrogen and oxygen atoms in total. The molecule has 0 amide bonds. The van der Waals surface area contributed by atoms with Gasteiger partial charge in [0, 0.05) is 11.5 Å². The molecule has 1 aromatic carbocycles. The molecule has 0 spiro atoms. The molecule has 0 aliphatic rings. The third kappa shape index (κ3) is 4.20. The van der Waals surface area contributed by atoms with Gasteiger partial charge in [0.05, 0.1) is 0 Å². The van der Waals surface area contributed by atoms with E-state index in [0.29, 0.717) is 12.5 Å². The Morgan fingerprint density at radius 2 is 2.00 bits per heavy atom. The van der Waals surface area contributed by atoms with Crippen molar-refractivity contribution in [1.29, 1.82) is 0 Å². The summed E-state index contributed by atoms with van der Waals surface area (Å²) >= 11 is 0. The molecule has 0 bridgehead atoms. The number of benzene rings is 1. The SMILES string of the molecule is CC(C)c1ccc(C=CCCN=[N+]=[N-])cc1. The highest BCUT2D eigenvalue weighted by Gasteiger charge is 1.96. The minimum atomic E-state index is 0.525. The molecule has 0 heterocycles. The molecule has 0 aromatic heterocycles. The Kier molecular flexibility index (Phi) is 5.17. The van der Waals surface area contributed by atoms with Crippen molar-refractivity contribution >= 4 is 6.08 Å². The van der Waals surface area contributed by atoms with E-state index in [1.165, 1.54) is 11.1 Å². The number of nitrogens with zero attached hydrogens (tertiary/aromatic N) is 3. The molecule has 0 aliphatic carbocycles. The summed E-state index contributed by atoms with van der Waals surface area (Å²) in [5.74, 6) is 0.572. The average molecular weight is 215 g/mol. The van der Waals surface area contributed by atoms with Crippen molar-refractivity contribution in [3.63, 3.8) is 0 Å². The van der Waals surface area contributed by atoms with Crippen LogP contribution in [0.5, 0.6) is 0 Å². The summed E-state index contributed by atoms with van der Waals surface area (Å²) in [5.41, 5.74) is 10.6. The number of rotatable bonds is 5. The van der Waals surface area contributed by atoms with Crippen LogP contribution in [-0.4, -0.2) is 6.54 Å². The first-order valence-electron chi connectivity index (χ1n) is 5.51. The van der Waals surface area contributed by atoms with Gasteiger partial charge in [-0.05, 0) is 29.0 Å². The van der Waals surface area contributed by atoms with Crippen LogP contribution in [0, 0.1) is 0 Å². The fraction of sp³-hybridized carbons (Fsp3) is 0.385. The minimum absolute atomic E-state index is 0.525. The van der Waals surface area contributed by atoms with Gasteiger partial charge in [-0.3, -0.25) is 0 Å². The zero-order chi connectivity index (χ0) is 11.8. The van der Waals surface area contributed by atoms with Gasteiger partial charge in [0.25, 0.3) is 0 Å². The fourth-order valence-electron chi connectivity index (χ4n) is 1.39. The quantitative estimate of drug-likeness (QED) is 0.300. The lowest BCUT2D eigenvalue weighted by Gasteiger charge is -2.04. The number of azide groups is 1. The molecule has 84 valence electrons. The second kappa shape index (κ2) is 6.70. The van der Waals surface area contributed by atoms with Crippen LogP contribution in [0.25, 0.3) is 16.5 Å². The lowest BCUT2D eigenvalue weighted by atomic mass is 10.0. The smallest absolute Gasteiger partial charge is 0.0292 e. The Hall–Kier alpha value is -1.73. The summed E-state index contributed by atoms with van der Waals surface area (Å²) < 4.78 is 0. The molecule has 1 aromatic rings. The first-order valence-corrected chi connectivity index (χ1v) is 5.51. The highest BCUT2D eigenvalue weighted by Crippen LogP contribution is 2.15. The van der Waals surface area contributed by atoms with E-state index in [1.54, 1.807) is 0 Å². The molecule has 0 N–H and O–H groups in total.